The maximum atomic E-state index is 6.58. The lowest BCUT2D eigenvalue weighted by atomic mass is 9.99. The van der Waals surface area contributed by atoms with Crippen molar-refractivity contribution in [1.29, 1.82) is 0 Å². The number of aliphatic imine (C=N–C) groups is 1. The van der Waals surface area contributed by atoms with Gasteiger partial charge in [0.15, 0.2) is 23.6 Å². The van der Waals surface area contributed by atoms with Crippen LogP contribution in [0.1, 0.15) is 23.7 Å². The van der Waals surface area contributed by atoms with Crippen molar-refractivity contribution < 1.29 is 14.2 Å². The van der Waals surface area contributed by atoms with E-state index in [4.69, 9.17) is 30.8 Å². The van der Waals surface area contributed by atoms with Crippen molar-refractivity contribution in [2.45, 2.75) is 26.7 Å². The standard InChI is InChI=1S/C24H25ClN4O3/c1-6-11-29-24-22(14(2)28-29)27-23(16-9-7-8-10-18(16)25)17-12-20(31-5)21(13-19(17)26-24)32-15(3)30-4/h6-10,12-13,15,26H,1,11H2,2-5H3. The number of hydrogen-bond acceptors (Lipinski definition) is 6. The zero-order valence-electron chi connectivity index (χ0n) is 18.5. The fraction of sp³-hybridized carbons (Fsp3) is 0.250. The molecule has 0 amide bonds. The summed E-state index contributed by atoms with van der Waals surface area (Å²) in [4.78, 5) is 5.03. The van der Waals surface area contributed by atoms with Gasteiger partial charge >= 0.3 is 0 Å². The highest BCUT2D eigenvalue weighted by molar-refractivity contribution is 6.36. The van der Waals surface area contributed by atoms with Crippen LogP contribution in [-0.2, 0) is 11.3 Å². The number of hydrogen-bond donors (Lipinski definition) is 1. The van der Waals surface area contributed by atoms with Gasteiger partial charge in [0.2, 0.25) is 0 Å². The second-order valence-corrected chi connectivity index (χ2v) is 7.70. The third-order valence-electron chi connectivity index (χ3n) is 5.19. The summed E-state index contributed by atoms with van der Waals surface area (Å²) in [7, 11) is 3.19. The average molecular weight is 453 g/mol. The van der Waals surface area contributed by atoms with Gasteiger partial charge < -0.3 is 19.5 Å². The number of fused-ring (bicyclic) bond motifs is 2. The molecule has 0 spiro atoms. The molecule has 1 N–H and O–H groups in total. The predicted octanol–water partition coefficient (Wildman–Crippen LogP) is 5.64. The van der Waals surface area contributed by atoms with Gasteiger partial charge in [0.1, 0.15) is 5.69 Å². The summed E-state index contributed by atoms with van der Waals surface area (Å²) in [6.45, 7) is 8.12. The lowest BCUT2D eigenvalue weighted by Crippen LogP contribution is -2.15. The van der Waals surface area contributed by atoms with Crippen molar-refractivity contribution in [2.75, 3.05) is 19.5 Å². The molecule has 8 heteroatoms. The minimum Gasteiger partial charge on any atom is -0.493 e. The summed E-state index contributed by atoms with van der Waals surface area (Å²) < 4.78 is 18.7. The van der Waals surface area contributed by atoms with Crippen LogP contribution in [0.3, 0.4) is 0 Å². The third kappa shape index (κ3) is 3.97. The van der Waals surface area contributed by atoms with E-state index in [2.05, 4.69) is 17.0 Å². The molecule has 0 fully saturated rings. The summed E-state index contributed by atoms with van der Waals surface area (Å²) in [5.41, 5.74) is 4.66. The van der Waals surface area contributed by atoms with E-state index < -0.39 is 6.29 Å². The Kier molecular flexibility index (Phi) is 6.21. The first-order valence-corrected chi connectivity index (χ1v) is 10.5. The molecule has 0 saturated carbocycles. The molecule has 1 aromatic heterocycles. The number of aromatic nitrogens is 2. The van der Waals surface area contributed by atoms with Gasteiger partial charge in [0.05, 0.1) is 30.7 Å². The molecular formula is C24H25ClN4O3. The Balaban J connectivity index is 1.99. The molecule has 1 atom stereocenters. The van der Waals surface area contributed by atoms with E-state index in [9.17, 15) is 0 Å². The first kappa shape index (κ1) is 21.9. The number of nitrogens with one attached hydrogen (secondary N) is 1. The zero-order chi connectivity index (χ0) is 22.8. The first-order valence-electron chi connectivity index (χ1n) is 10.2. The van der Waals surface area contributed by atoms with Gasteiger partial charge in [0.25, 0.3) is 0 Å². The van der Waals surface area contributed by atoms with E-state index in [1.165, 1.54) is 0 Å². The normalized spacial score (nSPS) is 13.2. The molecule has 1 aliphatic rings. The molecule has 2 aromatic carbocycles. The smallest absolute Gasteiger partial charge is 0.196 e. The number of ether oxygens (including phenoxy) is 3. The lowest BCUT2D eigenvalue weighted by molar-refractivity contribution is -0.0394. The molecule has 0 bridgehead atoms. The highest BCUT2D eigenvalue weighted by atomic mass is 35.5. The van der Waals surface area contributed by atoms with Crippen molar-refractivity contribution in [1.82, 2.24) is 9.78 Å². The number of halogens is 1. The lowest BCUT2D eigenvalue weighted by Gasteiger charge is -2.19. The largest absolute Gasteiger partial charge is 0.493 e. The number of aryl methyl sites for hydroxylation is 1. The molecular weight excluding hydrogens is 428 g/mol. The van der Waals surface area contributed by atoms with Crippen LogP contribution < -0.4 is 14.8 Å². The fourth-order valence-corrected chi connectivity index (χ4v) is 3.81. The number of methoxy groups -OCH3 is 2. The second kappa shape index (κ2) is 9.06. The zero-order valence-corrected chi connectivity index (χ0v) is 19.2. The van der Waals surface area contributed by atoms with E-state index in [-0.39, 0.29) is 0 Å². The Bertz CT molecular complexity index is 1200. The van der Waals surface area contributed by atoms with Gasteiger partial charge in [-0.25, -0.2) is 9.67 Å². The van der Waals surface area contributed by atoms with Crippen LogP contribution in [0.5, 0.6) is 11.5 Å². The van der Waals surface area contributed by atoms with Gasteiger partial charge in [-0.05, 0) is 26.0 Å². The minimum atomic E-state index is -0.450. The maximum Gasteiger partial charge on any atom is 0.196 e. The van der Waals surface area contributed by atoms with E-state index >= 15 is 0 Å². The Labute approximate surface area is 192 Å². The summed E-state index contributed by atoms with van der Waals surface area (Å²) in [6, 6.07) is 11.4. The van der Waals surface area contributed by atoms with Crippen molar-refractivity contribution >= 4 is 34.5 Å². The fourth-order valence-electron chi connectivity index (χ4n) is 3.58. The summed E-state index contributed by atoms with van der Waals surface area (Å²) in [6.07, 6.45) is 1.34. The van der Waals surface area contributed by atoms with Crippen LogP contribution in [-0.4, -0.2) is 36.0 Å². The number of benzene rings is 2. The highest BCUT2D eigenvalue weighted by Crippen LogP contribution is 2.43. The second-order valence-electron chi connectivity index (χ2n) is 7.29. The summed E-state index contributed by atoms with van der Waals surface area (Å²) in [5.74, 6) is 1.87. The van der Waals surface area contributed by atoms with Gasteiger partial charge in [-0.15, -0.1) is 6.58 Å². The molecule has 1 unspecified atom stereocenters. The average Bonchev–Trinajstić information content (AvgIpc) is 2.97. The van der Waals surface area contributed by atoms with Crippen LogP contribution in [0.4, 0.5) is 17.2 Å². The van der Waals surface area contributed by atoms with Crippen LogP contribution in [0.2, 0.25) is 5.02 Å². The van der Waals surface area contributed by atoms with E-state index in [0.29, 0.717) is 28.8 Å². The van der Waals surface area contributed by atoms with E-state index in [1.807, 2.05) is 54.9 Å². The molecule has 166 valence electrons. The van der Waals surface area contributed by atoms with Crippen LogP contribution in [0.25, 0.3) is 0 Å². The van der Waals surface area contributed by atoms with Crippen molar-refractivity contribution in [2.24, 2.45) is 4.99 Å². The number of rotatable bonds is 7. The van der Waals surface area contributed by atoms with E-state index in [1.54, 1.807) is 20.3 Å². The first-order chi connectivity index (χ1) is 15.5. The van der Waals surface area contributed by atoms with Crippen molar-refractivity contribution in [3.63, 3.8) is 0 Å². The molecule has 2 heterocycles. The third-order valence-corrected chi connectivity index (χ3v) is 5.52. The SMILES string of the molecule is C=CCn1nc(C)c2c1Nc1cc(OC(C)OC)c(OC)cc1C(c1ccccc1Cl)=N2. The van der Waals surface area contributed by atoms with Crippen molar-refractivity contribution in [3.8, 4) is 11.5 Å². The van der Waals surface area contributed by atoms with Crippen molar-refractivity contribution in [3.05, 3.63) is 70.9 Å². The topological polar surface area (TPSA) is 69.9 Å². The van der Waals surface area contributed by atoms with Gasteiger partial charge in [0, 0.05) is 29.3 Å². The van der Waals surface area contributed by atoms with Gasteiger partial charge in [-0.3, -0.25) is 0 Å². The number of anilines is 2. The Morgan fingerprint density at radius 1 is 1.19 bits per heavy atom. The molecule has 0 radical (unpaired) electrons. The van der Waals surface area contributed by atoms with E-state index in [0.717, 1.165) is 34.0 Å². The summed E-state index contributed by atoms with van der Waals surface area (Å²) in [5, 5.41) is 8.73. The molecule has 4 rings (SSSR count). The predicted molar refractivity (Wildman–Crippen MR) is 127 cm³/mol. The molecule has 7 nitrogen and oxygen atoms in total. The molecule has 32 heavy (non-hydrogen) atoms. The van der Waals surface area contributed by atoms with Crippen LogP contribution in [0, 0.1) is 6.92 Å². The van der Waals surface area contributed by atoms with Gasteiger partial charge in [-0.2, -0.15) is 5.10 Å². The van der Waals surface area contributed by atoms with Crippen LogP contribution >= 0.6 is 11.6 Å². The quantitative estimate of drug-likeness (QED) is 0.290. The number of nitrogens with zero attached hydrogens (tertiary/aromatic N) is 3. The number of allylic oxidation sites excluding steroid dienone is 1. The van der Waals surface area contributed by atoms with Crippen LogP contribution in [0.15, 0.2) is 54.0 Å². The highest BCUT2D eigenvalue weighted by Gasteiger charge is 2.26. The molecule has 1 aliphatic heterocycles. The van der Waals surface area contributed by atoms with Gasteiger partial charge in [-0.1, -0.05) is 35.9 Å². The Morgan fingerprint density at radius 3 is 2.66 bits per heavy atom. The molecule has 0 aliphatic carbocycles. The molecule has 0 saturated heterocycles. The Hall–Kier alpha value is -3.29. The minimum absolute atomic E-state index is 0.450. The Morgan fingerprint density at radius 2 is 1.97 bits per heavy atom. The summed E-state index contributed by atoms with van der Waals surface area (Å²) >= 11 is 6.58. The monoisotopic (exact) mass is 452 g/mol. The maximum absolute atomic E-state index is 6.58. The molecule has 3 aromatic rings.